The number of rotatable bonds is 4. The average Bonchev–Trinajstić information content (AvgIpc) is 2.47. The van der Waals surface area contributed by atoms with Gasteiger partial charge in [-0.1, -0.05) is 12.1 Å². The first kappa shape index (κ1) is 16.1. The van der Waals surface area contributed by atoms with Crippen LogP contribution in [0.25, 0.3) is 0 Å². The van der Waals surface area contributed by atoms with Crippen molar-refractivity contribution in [1.29, 1.82) is 0 Å². The van der Waals surface area contributed by atoms with Crippen molar-refractivity contribution < 1.29 is 14.5 Å². The second-order valence-electron chi connectivity index (χ2n) is 4.82. The molecule has 1 saturated heterocycles. The molecule has 0 spiro atoms. The average molecular weight is 324 g/mol. The highest BCUT2D eigenvalue weighted by Crippen LogP contribution is 2.32. The Morgan fingerprint density at radius 1 is 1.45 bits per heavy atom. The van der Waals surface area contributed by atoms with Crippen LogP contribution in [0.15, 0.2) is 24.3 Å². The number of nitrogens with one attached hydrogen (secondary N) is 3. The normalized spacial score (nSPS) is 15.3. The predicted molar refractivity (Wildman–Crippen MR) is 83.1 cm³/mol. The number of amides is 1. The number of hydrogen-bond donors (Lipinski definition) is 3. The molecule has 8 nitrogen and oxygen atoms in total. The van der Waals surface area contributed by atoms with Crippen LogP contribution >= 0.6 is 12.2 Å². The lowest BCUT2D eigenvalue weighted by Crippen LogP contribution is -2.50. The summed E-state index contributed by atoms with van der Waals surface area (Å²) >= 11 is 4.89. The summed E-state index contributed by atoms with van der Waals surface area (Å²) in [5.74, 6) is -0.876. The lowest BCUT2D eigenvalue weighted by Gasteiger charge is -2.33. The maximum absolute atomic E-state index is 12.4. The first-order chi connectivity index (χ1) is 10.5. The van der Waals surface area contributed by atoms with Crippen LogP contribution in [0, 0.1) is 16.0 Å². The van der Waals surface area contributed by atoms with Gasteiger partial charge < -0.3 is 10.1 Å². The lowest BCUT2D eigenvalue weighted by atomic mass is 9.84. The molecule has 0 aliphatic carbocycles. The van der Waals surface area contributed by atoms with Crippen LogP contribution < -0.4 is 16.2 Å². The summed E-state index contributed by atoms with van der Waals surface area (Å²) in [5.41, 5.74) is 5.61. The van der Waals surface area contributed by atoms with Crippen molar-refractivity contribution in [1.82, 2.24) is 16.2 Å². The minimum atomic E-state index is -0.541. The van der Waals surface area contributed by atoms with E-state index in [9.17, 15) is 14.9 Å². The highest BCUT2D eigenvalue weighted by Gasteiger charge is 2.35. The Kier molecular flexibility index (Phi) is 5.23. The Morgan fingerprint density at radius 3 is 2.73 bits per heavy atom. The van der Waals surface area contributed by atoms with E-state index >= 15 is 0 Å². The number of thiocarbonyl (C=S) groups is 1. The van der Waals surface area contributed by atoms with Gasteiger partial charge in [-0.3, -0.25) is 25.8 Å². The molecule has 9 heteroatoms. The van der Waals surface area contributed by atoms with E-state index in [0.29, 0.717) is 18.8 Å². The highest BCUT2D eigenvalue weighted by atomic mass is 32.1. The largest absolute Gasteiger partial charge is 0.381 e. The van der Waals surface area contributed by atoms with Gasteiger partial charge in [0.25, 0.3) is 5.69 Å². The number of hydrogen-bond acceptors (Lipinski definition) is 5. The van der Waals surface area contributed by atoms with Crippen LogP contribution in [0.3, 0.4) is 0 Å². The Labute approximate surface area is 132 Å². The van der Waals surface area contributed by atoms with E-state index in [0.717, 1.165) is 0 Å². The number of nitro groups is 1. The smallest absolute Gasteiger partial charge is 0.269 e. The monoisotopic (exact) mass is 324 g/mol. The number of nitrogens with zero attached hydrogens (tertiary/aromatic N) is 1. The molecule has 1 heterocycles. The van der Waals surface area contributed by atoms with Crippen LogP contribution in [0.1, 0.15) is 11.5 Å². The summed E-state index contributed by atoms with van der Waals surface area (Å²) in [6.45, 7) is 0.883. The van der Waals surface area contributed by atoms with Crippen LogP contribution in [0.2, 0.25) is 0 Å². The maximum Gasteiger partial charge on any atom is 0.269 e. The Morgan fingerprint density at radius 2 is 2.18 bits per heavy atom. The first-order valence-corrected chi connectivity index (χ1v) is 7.03. The topological polar surface area (TPSA) is 106 Å². The minimum Gasteiger partial charge on any atom is -0.381 e. The molecule has 1 aliphatic heterocycles. The SMILES string of the molecule is CNC(=S)NNC(=O)C(c1cccc([N+](=O)[O-])c1)C1COC1. The lowest BCUT2D eigenvalue weighted by molar-refractivity contribution is -0.384. The number of nitro benzene ring substituents is 1. The second kappa shape index (κ2) is 7.14. The van der Waals surface area contributed by atoms with E-state index in [1.54, 1.807) is 19.2 Å². The predicted octanol–water partition coefficient (Wildman–Crippen LogP) is 0.450. The highest BCUT2D eigenvalue weighted by molar-refractivity contribution is 7.80. The first-order valence-electron chi connectivity index (χ1n) is 6.62. The molecule has 2 rings (SSSR count). The van der Waals surface area contributed by atoms with Gasteiger partial charge in [0.05, 0.1) is 24.1 Å². The minimum absolute atomic E-state index is 0.0213. The van der Waals surface area contributed by atoms with Gasteiger partial charge in [-0.25, -0.2) is 0 Å². The quantitative estimate of drug-likeness (QED) is 0.419. The van der Waals surface area contributed by atoms with Gasteiger partial charge in [-0.15, -0.1) is 0 Å². The summed E-state index contributed by atoms with van der Waals surface area (Å²) in [7, 11) is 1.62. The van der Waals surface area contributed by atoms with Gasteiger partial charge in [-0.2, -0.15) is 0 Å². The number of carbonyl (C=O) groups excluding carboxylic acids is 1. The van der Waals surface area contributed by atoms with Crippen molar-refractivity contribution in [2.75, 3.05) is 20.3 Å². The van der Waals surface area contributed by atoms with Gasteiger partial charge in [0, 0.05) is 25.1 Å². The molecular weight excluding hydrogens is 308 g/mol. The van der Waals surface area contributed by atoms with Gasteiger partial charge >= 0.3 is 0 Å². The van der Waals surface area contributed by atoms with Crippen molar-refractivity contribution >= 4 is 28.9 Å². The molecule has 0 aromatic heterocycles. The van der Waals surface area contributed by atoms with Crippen molar-refractivity contribution in [2.24, 2.45) is 5.92 Å². The van der Waals surface area contributed by atoms with Crippen molar-refractivity contribution in [3.63, 3.8) is 0 Å². The summed E-state index contributed by atoms with van der Waals surface area (Å²) in [4.78, 5) is 22.8. The Bertz CT molecular complexity index is 591. The molecule has 22 heavy (non-hydrogen) atoms. The van der Waals surface area contributed by atoms with Crippen molar-refractivity contribution in [3.8, 4) is 0 Å². The summed E-state index contributed by atoms with van der Waals surface area (Å²) < 4.78 is 5.14. The summed E-state index contributed by atoms with van der Waals surface area (Å²) in [5, 5.41) is 13.8. The Balaban J connectivity index is 2.19. The number of benzene rings is 1. The molecule has 0 bridgehead atoms. The molecule has 3 N–H and O–H groups in total. The molecule has 1 aromatic carbocycles. The van der Waals surface area contributed by atoms with Crippen LogP contribution in [-0.4, -0.2) is 36.2 Å². The van der Waals surface area contributed by atoms with E-state index in [1.807, 2.05) is 0 Å². The van der Waals surface area contributed by atoms with E-state index < -0.39 is 10.8 Å². The summed E-state index contributed by atoms with van der Waals surface area (Å²) in [6, 6.07) is 6.08. The molecule has 118 valence electrons. The second-order valence-corrected chi connectivity index (χ2v) is 5.23. The number of carbonyl (C=O) groups is 1. The molecule has 1 atom stereocenters. The number of non-ortho nitro benzene ring substituents is 1. The third-order valence-corrected chi connectivity index (χ3v) is 3.69. The van der Waals surface area contributed by atoms with Crippen molar-refractivity contribution in [3.05, 3.63) is 39.9 Å². The fourth-order valence-corrected chi connectivity index (χ4v) is 2.23. The Hall–Kier alpha value is -2.26. The van der Waals surface area contributed by atoms with Gasteiger partial charge in [0.15, 0.2) is 5.11 Å². The van der Waals surface area contributed by atoms with E-state index in [4.69, 9.17) is 17.0 Å². The summed E-state index contributed by atoms with van der Waals surface area (Å²) in [6.07, 6.45) is 0. The molecule has 1 aromatic rings. The van der Waals surface area contributed by atoms with Crippen LogP contribution in [-0.2, 0) is 9.53 Å². The zero-order valence-corrected chi connectivity index (χ0v) is 12.7. The molecule has 0 radical (unpaired) electrons. The van der Waals surface area contributed by atoms with E-state index in [-0.39, 0.29) is 22.6 Å². The third kappa shape index (κ3) is 3.68. The molecule has 1 amide bonds. The van der Waals surface area contributed by atoms with E-state index in [1.165, 1.54) is 12.1 Å². The maximum atomic E-state index is 12.4. The molecule has 1 fully saturated rings. The van der Waals surface area contributed by atoms with Gasteiger partial charge in [0.2, 0.25) is 5.91 Å². The van der Waals surface area contributed by atoms with Crippen molar-refractivity contribution in [2.45, 2.75) is 5.92 Å². The van der Waals surface area contributed by atoms with E-state index in [2.05, 4.69) is 16.2 Å². The van der Waals surface area contributed by atoms with Crippen LogP contribution in [0.4, 0.5) is 5.69 Å². The molecular formula is C13H16N4O4S. The number of hydrazine groups is 1. The standard InChI is InChI=1S/C13H16N4O4S/c1-14-13(22)16-15-12(18)11(9-6-21-7-9)8-3-2-4-10(5-8)17(19)20/h2-5,9,11H,6-7H2,1H3,(H,15,18)(H2,14,16,22). The van der Waals surface area contributed by atoms with Gasteiger partial charge in [0.1, 0.15) is 0 Å². The molecule has 1 aliphatic rings. The van der Waals surface area contributed by atoms with Gasteiger partial charge in [-0.05, 0) is 17.8 Å². The molecule has 0 saturated carbocycles. The third-order valence-electron chi connectivity index (χ3n) is 3.38. The fraction of sp³-hybridized carbons (Fsp3) is 0.385. The fourth-order valence-electron chi connectivity index (χ4n) is 2.17. The zero-order chi connectivity index (χ0) is 16.1. The zero-order valence-electron chi connectivity index (χ0n) is 11.9. The van der Waals surface area contributed by atoms with Crippen LogP contribution in [0.5, 0.6) is 0 Å². The number of ether oxygens (including phenoxy) is 1. The molecule has 1 unspecified atom stereocenters.